The van der Waals surface area contributed by atoms with Gasteiger partial charge >= 0.3 is 0 Å². The van der Waals surface area contributed by atoms with E-state index in [4.69, 9.17) is 11.6 Å². The van der Waals surface area contributed by atoms with Crippen molar-refractivity contribution in [1.82, 2.24) is 4.98 Å². The van der Waals surface area contributed by atoms with Gasteiger partial charge in [-0.2, -0.15) is 0 Å². The summed E-state index contributed by atoms with van der Waals surface area (Å²) in [7, 11) is 0. The molecule has 0 spiro atoms. The lowest BCUT2D eigenvalue weighted by Crippen LogP contribution is -2.13. The molecule has 1 N–H and O–H groups in total. The summed E-state index contributed by atoms with van der Waals surface area (Å²) in [6, 6.07) is 8.78. The van der Waals surface area contributed by atoms with Crippen molar-refractivity contribution < 1.29 is 9.72 Å². The first kappa shape index (κ1) is 13.0. The summed E-state index contributed by atoms with van der Waals surface area (Å²) in [6.45, 7) is 0. The fraction of sp³-hybridized carbons (Fsp3) is 0. The molecular formula is C12H8ClN3O3. The minimum atomic E-state index is -0.602. The molecule has 1 aromatic carbocycles. The maximum Gasteiger partial charge on any atom is 0.282 e. The Morgan fingerprint density at radius 2 is 2.00 bits per heavy atom. The van der Waals surface area contributed by atoms with Gasteiger partial charge in [-0.3, -0.25) is 14.9 Å². The van der Waals surface area contributed by atoms with Gasteiger partial charge in [-0.15, -0.1) is 0 Å². The first-order valence-electron chi connectivity index (χ1n) is 5.24. The van der Waals surface area contributed by atoms with E-state index in [1.807, 2.05) is 0 Å². The summed E-state index contributed by atoms with van der Waals surface area (Å²) in [6.07, 6.45) is 1.37. The molecule has 96 valence electrons. The van der Waals surface area contributed by atoms with E-state index in [1.54, 1.807) is 12.1 Å². The standard InChI is InChI=1S/C12H8ClN3O3/c13-11-6-5-8(7-14-11)15-12(17)9-3-1-2-4-10(9)16(18)19/h1-7H,(H,15,17). The van der Waals surface area contributed by atoms with Crippen LogP contribution in [0.5, 0.6) is 0 Å². The van der Waals surface area contributed by atoms with E-state index in [9.17, 15) is 14.9 Å². The number of anilines is 1. The van der Waals surface area contributed by atoms with E-state index in [0.29, 0.717) is 10.8 Å². The number of aromatic nitrogens is 1. The topological polar surface area (TPSA) is 85.1 Å². The van der Waals surface area contributed by atoms with Gasteiger partial charge in [0.05, 0.1) is 16.8 Å². The Morgan fingerprint density at radius 3 is 2.63 bits per heavy atom. The predicted octanol–water partition coefficient (Wildman–Crippen LogP) is 2.90. The quantitative estimate of drug-likeness (QED) is 0.531. The number of para-hydroxylation sites is 1. The summed E-state index contributed by atoms with van der Waals surface area (Å²) >= 11 is 5.62. The van der Waals surface area contributed by atoms with Crippen LogP contribution in [0.15, 0.2) is 42.6 Å². The average Bonchev–Trinajstić information content (AvgIpc) is 2.41. The first-order chi connectivity index (χ1) is 9.08. The zero-order valence-corrected chi connectivity index (χ0v) is 10.3. The number of nitro groups is 1. The Morgan fingerprint density at radius 1 is 1.26 bits per heavy atom. The van der Waals surface area contributed by atoms with Crippen molar-refractivity contribution in [2.75, 3.05) is 5.32 Å². The number of pyridine rings is 1. The van der Waals surface area contributed by atoms with Crippen LogP contribution < -0.4 is 5.32 Å². The highest BCUT2D eigenvalue weighted by Gasteiger charge is 2.19. The number of carbonyl (C=O) groups is 1. The molecule has 6 nitrogen and oxygen atoms in total. The predicted molar refractivity (Wildman–Crippen MR) is 70.3 cm³/mol. The Balaban J connectivity index is 2.25. The smallest absolute Gasteiger partial charge is 0.282 e. The maximum atomic E-state index is 11.9. The molecule has 0 bridgehead atoms. The van der Waals surface area contributed by atoms with Crippen molar-refractivity contribution in [3.8, 4) is 0 Å². The molecule has 0 aliphatic heterocycles. The first-order valence-corrected chi connectivity index (χ1v) is 5.62. The molecule has 0 unspecified atom stereocenters. The molecule has 0 saturated heterocycles. The van der Waals surface area contributed by atoms with Crippen LogP contribution >= 0.6 is 11.6 Å². The normalized spacial score (nSPS) is 9.95. The molecule has 1 aromatic heterocycles. The molecule has 0 fully saturated rings. The van der Waals surface area contributed by atoms with Gasteiger partial charge in [0.15, 0.2) is 0 Å². The summed E-state index contributed by atoms with van der Waals surface area (Å²) in [4.78, 5) is 26.0. The number of rotatable bonds is 3. The number of nitro benzene ring substituents is 1. The number of amides is 1. The van der Waals surface area contributed by atoms with E-state index >= 15 is 0 Å². The third-order valence-electron chi connectivity index (χ3n) is 2.33. The molecule has 0 atom stereocenters. The summed E-state index contributed by atoms with van der Waals surface area (Å²) in [5.41, 5.74) is 0.150. The fourth-order valence-electron chi connectivity index (χ4n) is 1.47. The van der Waals surface area contributed by atoms with Gasteiger partial charge in [-0.1, -0.05) is 23.7 Å². The average molecular weight is 278 g/mol. The largest absolute Gasteiger partial charge is 0.320 e. The van der Waals surface area contributed by atoms with E-state index in [1.165, 1.54) is 30.5 Å². The Kier molecular flexibility index (Phi) is 3.72. The molecule has 7 heteroatoms. The van der Waals surface area contributed by atoms with Crippen molar-refractivity contribution in [1.29, 1.82) is 0 Å². The highest BCUT2D eigenvalue weighted by atomic mass is 35.5. The van der Waals surface area contributed by atoms with Gasteiger partial charge in [0.2, 0.25) is 0 Å². The molecule has 0 saturated carbocycles. The number of benzene rings is 1. The van der Waals surface area contributed by atoms with Crippen LogP contribution in [0.3, 0.4) is 0 Å². The van der Waals surface area contributed by atoms with E-state index < -0.39 is 10.8 Å². The maximum absolute atomic E-state index is 11.9. The number of nitrogens with zero attached hydrogens (tertiary/aromatic N) is 2. The molecule has 1 heterocycles. The molecule has 2 rings (SSSR count). The van der Waals surface area contributed by atoms with Crippen molar-refractivity contribution >= 4 is 28.9 Å². The third-order valence-corrected chi connectivity index (χ3v) is 2.55. The lowest BCUT2D eigenvalue weighted by Gasteiger charge is -2.05. The highest BCUT2D eigenvalue weighted by Crippen LogP contribution is 2.19. The second-order valence-corrected chi connectivity index (χ2v) is 3.99. The molecule has 1 amide bonds. The molecule has 0 aliphatic carbocycles. The molecular weight excluding hydrogens is 270 g/mol. The van der Waals surface area contributed by atoms with Gasteiger partial charge < -0.3 is 5.32 Å². The van der Waals surface area contributed by atoms with Gasteiger partial charge in [-0.25, -0.2) is 4.98 Å². The number of hydrogen-bond donors (Lipinski definition) is 1. The lowest BCUT2D eigenvalue weighted by atomic mass is 10.1. The van der Waals surface area contributed by atoms with Crippen molar-refractivity contribution in [3.63, 3.8) is 0 Å². The van der Waals surface area contributed by atoms with Crippen LogP contribution in [0.1, 0.15) is 10.4 Å². The molecule has 0 aliphatic rings. The zero-order valence-electron chi connectivity index (χ0n) is 9.54. The second kappa shape index (κ2) is 5.45. The van der Waals surface area contributed by atoms with Crippen molar-refractivity contribution in [2.24, 2.45) is 0 Å². The fourth-order valence-corrected chi connectivity index (χ4v) is 1.58. The van der Waals surface area contributed by atoms with Crippen LogP contribution in [0.4, 0.5) is 11.4 Å². The Labute approximate surface area is 113 Å². The van der Waals surface area contributed by atoms with E-state index in [-0.39, 0.29) is 11.3 Å². The van der Waals surface area contributed by atoms with Crippen LogP contribution in [-0.2, 0) is 0 Å². The Hall–Kier alpha value is -2.47. The minimum absolute atomic E-state index is 0.0116. The van der Waals surface area contributed by atoms with E-state index in [2.05, 4.69) is 10.3 Å². The molecule has 2 aromatic rings. The van der Waals surface area contributed by atoms with Crippen molar-refractivity contribution in [2.45, 2.75) is 0 Å². The second-order valence-electron chi connectivity index (χ2n) is 3.60. The van der Waals surface area contributed by atoms with Gasteiger partial charge in [0.1, 0.15) is 10.7 Å². The van der Waals surface area contributed by atoms with Gasteiger partial charge in [0, 0.05) is 6.07 Å². The van der Waals surface area contributed by atoms with Crippen LogP contribution in [0.2, 0.25) is 5.15 Å². The summed E-state index contributed by atoms with van der Waals surface area (Å²) < 4.78 is 0. The number of carbonyl (C=O) groups excluding carboxylic acids is 1. The monoisotopic (exact) mass is 277 g/mol. The SMILES string of the molecule is O=C(Nc1ccc(Cl)nc1)c1ccccc1[N+](=O)[O-]. The summed E-state index contributed by atoms with van der Waals surface area (Å²) in [5.74, 6) is -0.573. The molecule has 19 heavy (non-hydrogen) atoms. The van der Waals surface area contributed by atoms with E-state index in [0.717, 1.165) is 0 Å². The Bertz CT molecular complexity index is 628. The number of nitrogens with one attached hydrogen (secondary N) is 1. The van der Waals surface area contributed by atoms with Crippen LogP contribution in [0.25, 0.3) is 0 Å². The number of halogens is 1. The number of hydrogen-bond acceptors (Lipinski definition) is 4. The van der Waals surface area contributed by atoms with Crippen LogP contribution in [0, 0.1) is 10.1 Å². The van der Waals surface area contributed by atoms with Gasteiger partial charge in [-0.05, 0) is 18.2 Å². The summed E-state index contributed by atoms with van der Waals surface area (Å²) in [5, 5.41) is 13.6. The van der Waals surface area contributed by atoms with Crippen LogP contribution in [-0.4, -0.2) is 15.8 Å². The minimum Gasteiger partial charge on any atom is -0.320 e. The zero-order chi connectivity index (χ0) is 13.8. The van der Waals surface area contributed by atoms with Crippen molar-refractivity contribution in [3.05, 3.63) is 63.4 Å². The lowest BCUT2D eigenvalue weighted by molar-refractivity contribution is -0.385. The third kappa shape index (κ3) is 3.05. The molecule has 0 radical (unpaired) electrons. The highest BCUT2D eigenvalue weighted by molar-refractivity contribution is 6.29. The van der Waals surface area contributed by atoms with Gasteiger partial charge in [0.25, 0.3) is 11.6 Å².